The van der Waals surface area contributed by atoms with Crippen molar-refractivity contribution in [3.8, 4) is 17.0 Å². The van der Waals surface area contributed by atoms with Gasteiger partial charge in [0, 0.05) is 24.3 Å². The van der Waals surface area contributed by atoms with Gasteiger partial charge < -0.3 is 9.72 Å². The molecule has 0 aliphatic heterocycles. The van der Waals surface area contributed by atoms with Gasteiger partial charge in [-0.15, -0.1) is 0 Å². The quantitative estimate of drug-likeness (QED) is 0.899. The lowest BCUT2D eigenvalue weighted by molar-refractivity contribution is 0.414. The highest BCUT2D eigenvalue weighted by Gasteiger charge is 2.17. The SMILES string of the molecule is COc1cc(C(C)(C)C)ccc1-c1cc(=O)c(C)c(C)[nH]1.[HH]. The molecule has 3 heteroatoms. The number of H-pyrrole nitrogens is 1. The lowest BCUT2D eigenvalue weighted by atomic mass is 9.86. The Kier molecular flexibility index (Phi) is 3.95. The molecule has 0 aliphatic rings. The number of aromatic amines is 1. The number of hydrogen-bond acceptors (Lipinski definition) is 2. The average molecular weight is 287 g/mol. The van der Waals surface area contributed by atoms with Gasteiger partial charge in [-0.25, -0.2) is 0 Å². The molecule has 0 saturated heterocycles. The Morgan fingerprint density at radius 1 is 1.14 bits per heavy atom. The second-order valence-corrected chi connectivity index (χ2v) is 6.46. The monoisotopic (exact) mass is 287 g/mol. The summed E-state index contributed by atoms with van der Waals surface area (Å²) in [6.07, 6.45) is 0. The maximum Gasteiger partial charge on any atom is 0.185 e. The van der Waals surface area contributed by atoms with E-state index in [9.17, 15) is 4.79 Å². The average Bonchev–Trinajstić information content (AvgIpc) is 2.42. The number of hydrogen-bond donors (Lipinski definition) is 1. The van der Waals surface area contributed by atoms with Crippen molar-refractivity contribution in [2.45, 2.75) is 40.0 Å². The maximum atomic E-state index is 12.0. The molecular weight excluding hydrogens is 262 g/mol. The third-order valence-corrected chi connectivity index (χ3v) is 3.89. The summed E-state index contributed by atoms with van der Waals surface area (Å²) in [6.45, 7) is 10.2. The molecule has 0 bridgehead atoms. The van der Waals surface area contributed by atoms with E-state index in [1.807, 2.05) is 26.0 Å². The van der Waals surface area contributed by atoms with Gasteiger partial charge in [0.05, 0.1) is 12.8 Å². The topological polar surface area (TPSA) is 42.1 Å². The highest BCUT2D eigenvalue weighted by Crippen LogP contribution is 2.33. The summed E-state index contributed by atoms with van der Waals surface area (Å²) in [6, 6.07) is 7.78. The highest BCUT2D eigenvalue weighted by molar-refractivity contribution is 5.68. The predicted molar refractivity (Wildman–Crippen MR) is 89.3 cm³/mol. The van der Waals surface area contributed by atoms with Crippen molar-refractivity contribution in [3.05, 3.63) is 51.3 Å². The number of nitrogens with one attached hydrogen (secondary N) is 1. The lowest BCUT2D eigenvalue weighted by Gasteiger charge is -2.21. The van der Waals surface area contributed by atoms with Crippen LogP contribution in [0.4, 0.5) is 0 Å². The fraction of sp³-hybridized carbons (Fsp3) is 0.389. The summed E-state index contributed by atoms with van der Waals surface area (Å²) >= 11 is 0. The van der Waals surface area contributed by atoms with Gasteiger partial charge in [-0.3, -0.25) is 4.79 Å². The van der Waals surface area contributed by atoms with E-state index in [1.165, 1.54) is 5.56 Å². The Balaban J connectivity index is 0.00000242. The summed E-state index contributed by atoms with van der Waals surface area (Å²) in [5, 5.41) is 0. The summed E-state index contributed by atoms with van der Waals surface area (Å²) in [5.41, 5.74) is 4.65. The van der Waals surface area contributed by atoms with Crippen LogP contribution in [0.3, 0.4) is 0 Å². The number of pyridine rings is 1. The molecule has 1 aromatic heterocycles. The van der Waals surface area contributed by atoms with Gasteiger partial charge in [0.15, 0.2) is 5.43 Å². The maximum absolute atomic E-state index is 12.0. The van der Waals surface area contributed by atoms with Crippen LogP contribution in [0.15, 0.2) is 29.1 Å². The zero-order valence-electron chi connectivity index (χ0n) is 13.6. The van der Waals surface area contributed by atoms with Crippen LogP contribution in [0.25, 0.3) is 11.3 Å². The number of aryl methyl sites for hydroxylation is 1. The zero-order valence-corrected chi connectivity index (χ0v) is 13.6. The van der Waals surface area contributed by atoms with Crippen LogP contribution in [0, 0.1) is 13.8 Å². The molecule has 1 N–H and O–H groups in total. The second-order valence-electron chi connectivity index (χ2n) is 6.46. The fourth-order valence-electron chi connectivity index (χ4n) is 2.28. The van der Waals surface area contributed by atoms with E-state index in [2.05, 4.69) is 31.8 Å². The van der Waals surface area contributed by atoms with Crippen molar-refractivity contribution in [2.24, 2.45) is 0 Å². The summed E-state index contributed by atoms with van der Waals surface area (Å²) in [5.74, 6) is 0.779. The van der Waals surface area contributed by atoms with E-state index in [4.69, 9.17) is 4.74 Å². The third-order valence-electron chi connectivity index (χ3n) is 3.89. The van der Waals surface area contributed by atoms with Crippen molar-refractivity contribution in [2.75, 3.05) is 7.11 Å². The molecule has 0 spiro atoms. The first-order valence-electron chi connectivity index (χ1n) is 7.13. The molecular formula is C18H25NO2. The number of methoxy groups -OCH3 is 1. The van der Waals surface area contributed by atoms with Gasteiger partial charge in [0.1, 0.15) is 5.75 Å². The van der Waals surface area contributed by atoms with Gasteiger partial charge in [-0.1, -0.05) is 26.8 Å². The van der Waals surface area contributed by atoms with Crippen molar-refractivity contribution in [1.29, 1.82) is 0 Å². The Labute approximate surface area is 127 Å². The minimum Gasteiger partial charge on any atom is -0.496 e. The van der Waals surface area contributed by atoms with Crippen LogP contribution in [-0.2, 0) is 5.41 Å². The van der Waals surface area contributed by atoms with Crippen molar-refractivity contribution >= 4 is 0 Å². The first-order valence-corrected chi connectivity index (χ1v) is 7.13. The standard InChI is InChI=1S/C18H23NO2.H2/c1-11-12(2)19-15(10-16(11)20)14-8-7-13(18(3,4)5)9-17(14)21-6;/h7-10H,1-6H3,(H,19,20);1H. The molecule has 1 aromatic carbocycles. The molecule has 0 fully saturated rings. The first-order chi connectivity index (χ1) is 9.74. The summed E-state index contributed by atoms with van der Waals surface area (Å²) in [4.78, 5) is 15.3. The molecule has 0 atom stereocenters. The largest absolute Gasteiger partial charge is 0.496 e. The smallest absolute Gasteiger partial charge is 0.185 e. The molecule has 21 heavy (non-hydrogen) atoms. The van der Waals surface area contributed by atoms with Crippen LogP contribution < -0.4 is 10.2 Å². The molecule has 0 amide bonds. The number of ether oxygens (including phenoxy) is 1. The molecule has 0 radical (unpaired) electrons. The van der Waals surface area contributed by atoms with Crippen molar-refractivity contribution in [3.63, 3.8) is 0 Å². The first kappa shape index (κ1) is 15.4. The van der Waals surface area contributed by atoms with E-state index in [0.717, 1.165) is 28.3 Å². The van der Waals surface area contributed by atoms with Crippen LogP contribution in [0.5, 0.6) is 5.75 Å². The van der Waals surface area contributed by atoms with Crippen LogP contribution in [0.2, 0.25) is 0 Å². The van der Waals surface area contributed by atoms with Crippen LogP contribution in [-0.4, -0.2) is 12.1 Å². The van der Waals surface area contributed by atoms with Gasteiger partial charge >= 0.3 is 0 Å². The fourth-order valence-corrected chi connectivity index (χ4v) is 2.28. The minimum absolute atomic E-state index is 0. The van der Waals surface area contributed by atoms with E-state index in [-0.39, 0.29) is 12.3 Å². The van der Waals surface area contributed by atoms with Crippen molar-refractivity contribution in [1.82, 2.24) is 4.98 Å². The van der Waals surface area contributed by atoms with Crippen molar-refractivity contribution < 1.29 is 6.16 Å². The van der Waals surface area contributed by atoms with Gasteiger partial charge in [0.2, 0.25) is 0 Å². The Morgan fingerprint density at radius 3 is 2.33 bits per heavy atom. The molecule has 2 rings (SSSR count). The predicted octanol–water partition coefficient (Wildman–Crippen LogP) is 4.21. The third kappa shape index (κ3) is 3.02. The molecule has 114 valence electrons. The molecule has 2 aromatic rings. The normalized spacial score (nSPS) is 11.5. The van der Waals surface area contributed by atoms with E-state index in [1.54, 1.807) is 13.2 Å². The zero-order chi connectivity index (χ0) is 15.8. The lowest BCUT2D eigenvalue weighted by Crippen LogP contribution is -2.12. The summed E-state index contributed by atoms with van der Waals surface area (Å²) in [7, 11) is 1.66. The minimum atomic E-state index is 0. The van der Waals surface area contributed by atoms with Gasteiger partial charge in [-0.2, -0.15) is 0 Å². The van der Waals surface area contributed by atoms with E-state index >= 15 is 0 Å². The Bertz CT molecular complexity index is 727. The molecule has 0 aliphatic carbocycles. The Morgan fingerprint density at radius 2 is 1.81 bits per heavy atom. The molecule has 0 saturated carbocycles. The summed E-state index contributed by atoms with van der Waals surface area (Å²) < 4.78 is 5.52. The number of benzene rings is 1. The van der Waals surface area contributed by atoms with E-state index < -0.39 is 0 Å². The van der Waals surface area contributed by atoms with Crippen LogP contribution in [0.1, 0.15) is 39.0 Å². The van der Waals surface area contributed by atoms with Gasteiger partial charge in [-0.05, 0) is 37.0 Å². The second kappa shape index (κ2) is 5.40. The van der Waals surface area contributed by atoms with E-state index in [0.29, 0.717) is 0 Å². The Hall–Kier alpha value is -2.03. The number of aromatic nitrogens is 1. The van der Waals surface area contributed by atoms with Gasteiger partial charge in [0.25, 0.3) is 0 Å². The molecule has 3 nitrogen and oxygen atoms in total. The highest BCUT2D eigenvalue weighted by atomic mass is 16.5. The number of rotatable bonds is 2. The molecule has 1 heterocycles. The molecule has 0 unspecified atom stereocenters. The van der Waals surface area contributed by atoms with Crippen LogP contribution >= 0.6 is 0 Å².